The van der Waals surface area contributed by atoms with E-state index < -0.39 is 0 Å². The average Bonchev–Trinajstić information content (AvgIpc) is 3.30. The molecule has 0 saturated carbocycles. The lowest BCUT2D eigenvalue weighted by molar-refractivity contribution is 0.165. The largest absolute Gasteiger partial charge is 0.465 e. The van der Waals surface area contributed by atoms with Crippen molar-refractivity contribution >= 4 is 17.4 Å². The molecule has 3 aromatic rings. The summed E-state index contributed by atoms with van der Waals surface area (Å²) in [4.78, 5) is 14.6. The number of furan rings is 1. The Morgan fingerprint density at radius 2 is 2.15 bits per heavy atom. The van der Waals surface area contributed by atoms with Crippen molar-refractivity contribution in [2.75, 3.05) is 25.0 Å². The predicted molar refractivity (Wildman–Crippen MR) is 101 cm³/mol. The SMILES string of the molecule is Cc1ccc(CN2CCC(CNC(=O)Nc3cccn4cnnc34)CC2)o1. The number of fused-ring (bicyclic) bond motifs is 1. The second-order valence-electron chi connectivity index (χ2n) is 7.05. The zero-order chi connectivity index (χ0) is 18.6. The molecular weight excluding hydrogens is 344 g/mol. The van der Waals surface area contributed by atoms with E-state index in [0.29, 0.717) is 23.8 Å². The Morgan fingerprint density at radius 3 is 2.93 bits per heavy atom. The van der Waals surface area contributed by atoms with Crippen LogP contribution in [0.25, 0.3) is 5.65 Å². The van der Waals surface area contributed by atoms with Gasteiger partial charge in [0.2, 0.25) is 0 Å². The van der Waals surface area contributed by atoms with Gasteiger partial charge in [-0.05, 0) is 63.0 Å². The molecule has 0 bridgehead atoms. The van der Waals surface area contributed by atoms with E-state index in [4.69, 9.17) is 4.42 Å². The van der Waals surface area contributed by atoms with Crippen LogP contribution in [0, 0.1) is 12.8 Å². The van der Waals surface area contributed by atoms with Gasteiger partial charge >= 0.3 is 6.03 Å². The minimum Gasteiger partial charge on any atom is -0.465 e. The van der Waals surface area contributed by atoms with Crippen LogP contribution in [0.3, 0.4) is 0 Å². The number of nitrogens with one attached hydrogen (secondary N) is 2. The number of amides is 2. The fraction of sp³-hybridized carbons (Fsp3) is 0.421. The van der Waals surface area contributed by atoms with Gasteiger partial charge in [0.25, 0.3) is 0 Å². The maximum atomic E-state index is 12.2. The Bertz CT molecular complexity index is 910. The van der Waals surface area contributed by atoms with Gasteiger partial charge in [0.15, 0.2) is 5.65 Å². The predicted octanol–water partition coefficient (Wildman–Crippen LogP) is 2.66. The Kier molecular flexibility index (Phi) is 5.06. The molecule has 0 spiro atoms. The van der Waals surface area contributed by atoms with Gasteiger partial charge in [0.1, 0.15) is 17.8 Å². The molecule has 27 heavy (non-hydrogen) atoms. The summed E-state index contributed by atoms with van der Waals surface area (Å²) in [7, 11) is 0. The molecule has 0 aliphatic carbocycles. The number of pyridine rings is 1. The third-order valence-corrected chi connectivity index (χ3v) is 5.01. The van der Waals surface area contributed by atoms with Crippen molar-refractivity contribution in [3.05, 3.63) is 48.3 Å². The van der Waals surface area contributed by atoms with Crippen LogP contribution in [0.4, 0.5) is 10.5 Å². The highest BCUT2D eigenvalue weighted by Gasteiger charge is 2.20. The molecule has 2 amide bonds. The summed E-state index contributed by atoms with van der Waals surface area (Å²) in [5.74, 6) is 2.47. The molecule has 1 aliphatic heterocycles. The zero-order valence-electron chi connectivity index (χ0n) is 15.4. The summed E-state index contributed by atoms with van der Waals surface area (Å²) in [6.07, 6.45) is 5.59. The van der Waals surface area contributed by atoms with Gasteiger partial charge in [-0.1, -0.05) is 0 Å². The minimum absolute atomic E-state index is 0.209. The van der Waals surface area contributed by atoms with E-state index in [9.17, 15) is 4.79 Å². The summed E-state index contributed by atoms with van der Waals surface area (Å²) in [5.41, 5.74) is 1.28. The van der Waals surface area contributed by atoms with E-state index in [1.165, 1.54) is 0 Å². The fourth-order valence-corrected chi connectivity index (χ4v) is 3.49. The number of nitrogens with zero attached hydrogens (tertiary/aromatic N) is 4. The van der Waals surface area contributed by atoms with Gasteiger partial charge in [0.05, 0.1) is 12.2 Å². The number of likely N-dealkylation sites (tertiary alicyclic amines) is 1. The standard InChI is InChI=1S/C19H24N6O2/c1-14-4-5-16(27-14)12-24-9-6-15(7-10-24)11-20-19(26)22-17-3-2-8-25-13-21-23-18(17)25/h2-5,8,13,15H,6-7,9-12H2,1H3,(H2,20,22,26). The van der Waals surface area contributed by atoms with E-state index >= 15 is 0 Å². The van der Waals surface area contributed by atoms with Crippen LogP contribution < -0.4 is 10.6 Å². The third-order valence-electron chi connectivity index (χ3n) is 5.01. The molecule has 2 N–H and O–H groups in total. The molecule has 8 heteroatoms. The van der Waals surface area contributed by atoms with Gasteiger partial charge < -0.3 is 15.1 Å². The van der Waals surface area contributed by atoms with Crippen LogP contribution in [0.2, 0.25) is 0 Å². The Balaban J connectivity index is 1.21. The first-order valence-corrected chi connectivity index (χ1v) is 9.28. The second-order valence-corrected chi connectivity index (χ2v) is 7.05. The monoisotopic (exact) mass is 368 g/mol. The number of aromatic nitrogens is 3. The molecule has 4 heterocycles. The molecule has 142 valence electrons. The van der Waals surface area contributed by atoms with Crippen LogP contribution in [0.5, 0.6) is 0 Å². The second kappa shape index (κ2) is 7.79. The zero-order valence-corrected chi connectivity index (χ0v) is 15.4. The molecule has 0 atom stereocenters. The van der Waals surface area contributed by atoms with E-state index in [-0.39, 0.29) is 6.03 Å². The number of carbonyl (C=O) groups excluding carboxylic acids is 1. The maximum Gasteiger partial charge on any atom is 0.319 e. The average molecular weight is 368 g/mol. The van der Waals surface area contributed by atoms with Crippen molar-refractivity contribution in [3.63, 3.8) is 0 Å². The summed E-state index contributed by atoms with van der Waals surface area (Å²) in [6, 6.07) is 7.51. The topological polar surface area (TPSA) is 87.7 Å². The van der Waals surface area contributed by atoms with E-state index in [1.54, 1.807) is 10.7 Å². The minimum atomic E-state index is -0.209. The highest BCUT2D eigenvalue weighted by atomic mass is 16.3. The van der Waals surface area contributed by atoms with Crippen LogP contribution in [0.1, 0.15) is 24.4 Å². The fourth-order valence-electron chi connectivity index (χ4n) is 3.49. The van der Waals surface area contributed by atoms with Crippen molar-refractivity contribution in [3.8, 4) is 0 Å². The quantitative estimate of drug-likeness (QED) is 0.723. The van der Waals surface area contributed by atoms with Gasteiger partial charge in [-0.2, -0.15) is 0 Å². The van der Waals surface area contributed by atoms with Crippen molar-refractivity contribution in [2.45, 2.75) is 26.3 Å². The third kappa shape index (κ3) is 4.28. The van der Waals surface area contributed by atoms with Gasteiger partial charge in [0, 0.05) is 12.7 Å². The Morgan fingerprint density at radius 1 is 1.30 bits per heavy atom. The number of hydrogen-bond acceptors (Lipinski definition) is 5. The number of carbonyl (C=O) groups is 1. The smallest absolute Gasteiger partial charge is 0.319 e. The first-order valence-electron chi connectivity index (χ1n) is 9.28. The molecule has 1 fully saturated rings. The van der Waals surface area contributed by atoms with Crippen LogP contribution >= 0.6 is 0 Å². The van der Waals surface area contributed by atoms with Crippen LogP contribution in [-0.4, -0.2) is 45.2 Å². The Hall–Kier alpha value is -2.87. The normalized spacial score (nSPS) is 15.9. The van der Waals surface area contributed by atoms with Gasteiger partial charge in [-0.3, -0.25) is 9.30 Å². The number of anilines is 1. The number of urea groups is 1. The lowest BCUT2D eigenvalue weighted by Crippen LogP contribution is -2.39. The number of aryl methyl sites for hydroxylation is 1. The summed E-state index contributed by atoms with van der Waals surface area (Å²) >= 11 is 0. The number of rotatable bonds is 5. The lowest BCUT2D eigenvalue weighted by Gasteiger charge is -2.31. The molecule has 1 aliphatic rings. The molecule has 8 nitrogen and oxygen atoms in total. The summed E-state index contributed by atoms with van der Waals surface area (Å²) in [6.45, 7) is 5.54. The molecule has 0 unspecified atom stereocenters. The lowest BCUT2D eigenvalue weighted by atomic mass is 9.97. The Labute approximate surface area is 157 Å². The van der Waals surface area contributed by atoms with E-state index in [1.807, 2.05) is 37.4 Å². The van der Waals surface area contributed by atoms with Crippen molar-refractivity contribution in [1.29, 1.82) is 0 Å². The van der Waals surface area contributed by atoms with Crippen LogP contribution in [0.15, 0.2) is 41.2 Å². The number of hydrogen-bond donors (Lipinski definition) is 2. The van der Waals surface area contributed by atoms with Crippen molar-refractivity contribution in [1.82, 2.24) is 24.8 Å². The summed E-state index contributed by atoms with van der Waals surface area (Å²) in [5, 5.41) is 13.7. The van der Waals surface area contributed by atoms with Crippen molar-refractivity contribution in [2.24, 2.45) is 5.92 Å². The maximum absolute atomic E-state index is 12.2. The molecule has 0 radical (unpaired) electrons. The van der Waals surface area contributed by atoms with E-state index in [0.717, 1.165) is 44.0 Å². The molecule has 0 aromatic carbocycles. The molecular formula is C19H24N6O2. The highest BCUT2D eigenvalue weighted by molar-refractivity contribution is 5.92. The van der Waals surface area contributed by atoms with Gasteiger partial charge in [-0.15, -0.1) is 10.2 Å². The molecule has 1 saturated heterocycles. The first kappa shape index (κ1) is 17.5. The van der Waals surface area contributed by atoms with Crippen LogP contribution in [-0.2, 0) is 6.54 Å². The summed E-state index contributed by atoms with van der Waals surface area (Å²) < 4.78 is 7.42. The number of piperidine rings is 1. The first-order chi connectivity index (χ1) is 13.2. The van der Waals surface area contributed by atoms with Gasteiger partial charge in [-0.25, -0.2) is 4.79 Å². The van der Waals surface area contributed by atoms with Crippen molar-refractivity contribution < 1.29 is 9.21 Å². The molecule has 3 aromatic heterocycles. The molecule has 4 rings (SSSR count). The van der Waals surface area contributed by atoms with E-state index in [2.05, 4.69) is 25.7 Å². The highest BCUT2D eigenvalue weighted by Crippen LogP contribution is 2.19.